The van der Waals surface area contributed by atoms with Gasteiger partial charge in [0.25, 0.3) is 5.91 Å². The summed E-state index contributed by atoms with van der Waals surface area (Å²) in [5, 5.41) is 5.38. The number of amides is 1. The van der Waals surface area contributed by atoms with Crippen molar-refractivity contribution in [3.05, 3.63) is 46.2 Å². The van der Waals surface area contributed by atoms with E-state index in [1.54, 1.807) is 17.5 Å². The van der Waals surface area contributed by atoms with Crippen LogP contribution < -0.4 is 15.8 Å². The third-order valence-electron chi connectivity index (χ3n) is 2.83. The molecule has 0 fully saturated rings. The van der Waals surface area contributed by atoms with Gasteiger partial charge in [-0.2, -0.15) is 0 Å². The van der Waals surface area contributed by atoms with Crippen LogP contribution in [0.2, 0.25) is 0 Å². The van der Waals surface area contributed by atoms with Gasteiger partial charge >= 0.3 is 0 Å². The van der Waals surface area contributed by atoms with E-state index >= 15 is 0 Å². The van der Waals surface area contributed by atoms with E-state index in [1.165, 1.54) is 23.5 Å². The zero-order chi connectivity index (χ0) is 15.8. The lowest BCUT2D eigenvalue weighted by Crippen LogP contribution is -2.25. The molecule has 0 bridgehead atoms. The Labute approximate surface area is 132 Å². The number of thiazole rings is 1. The summed E-state index contributed by atoms with van der Waals surface area (Å²) in [4.78, 5) is 16.1. The fourth-order valence-corrected chi connectivity index (χ4v) is 2.53. The summed E-state index contributed by atoms with van der Waals surface area (Å²) < 4.78 is 18.2. The lowest BCUT2D eigenvalue weighted by atomic mass is 10.3. The molecule has 1 heterocycles. The zero-order valence-corrected chi connectivity index (χ0v) is 12.9. The van der Waals surface area contributed by atoms with Crippen LogP contribution in [-0.4, -0.2) is 30.6 Å². The van der Waals surface area contributed by atoms with Crippen molar-refractivity contribution in [2.75, 3.05) is 19.7 Å². The highest BCUT2D eigenvalue weighted by molar-refractivity contribution is 7.09. The molecule has 0 spiro atoms. The van der Waals surface area contributed by atoms with Gasteiger partial charge in [0.15, 0.2) is 0 Å². The molecule has 2 rings (SSSR count). The number of hydrogen-bond acceptors (Lipinski definition) is 5. The summed E-state index contributed by atoms with van der Waals surface area (Å²) in [6.07, 6.45) is 1.34. The van der Waals surface area contributed by atoms with E-state index in [4.69, 9.17) is 10.5 Å². The second kappa shape index (κ2) is 8.45. The molecule has 7 heteroatoms. The Morgan fingerprint density at radius 3 is 2.86 bits per heavy atom. The van der Waals surface area contributed by atoms with Gasteiger partial charge < -0.3 is 15.8 Å². The molecule has 2 aromatic rings. The summed E-state index contributed by atoms with van der Waals surface area (Å²) in [6.45, 7) is 1.46. The number of halogens is 1. The normalized spacial score (nSPS) is 10.5. The van der Waals surface area contributed by atoms with Crippen LogP contribution in [0.15, 0.2) is 29.6 Å². The number of carbonyl (C=O) groups excluding carboxylic acids is 1. The van der Waals surface area contributed by atoms with Crippen molar-refractivity contribution in [1.82, 2.24) is 10.3 Å². The third-order valence-corrected chi connectivity index (χ3v) is 3.74. The van der Waals surface area contributed by atoms with Gasteiger partial charge in [0, 0.05) is 18.3 Å². The first kappa shape index (κ1) is 16.4. The predicted octanol–water partition coefficient (Wildman–Crippen LogP) is 1.98. The molecule has 0 radical (unpaired) electrons. The molecule has 1 amide bonds. The number of carbonyl (C=O) groups is 1. The minimum Gasteiger partial charge on any atom is -0.494 e. The second-order valence-corrected chi connectivity index (χ2v) is 5.52. The summed E-state index contributed by atoms with van der Waals surface area (Å²) in [5.74, 6) is 0.122. The topological polar surface area (TPSA) is 77.2 Å². The van der Waals surface area contributed by atoms with Crippen LogP contribution in [-0.2, 0) is 6.42 Å². The molecule has 3 N–H and O–H groups in total. The minimum absolute atomic E-state index is 0.193. The molecule has 0 aliphatic rings. The van der Waals surface area contributed by atoms with Crippen molar-refractivity contribution < 1.29 is 13.9 Å². The summed E-state index contributed by atoms with van der Waals surface area (Å²) in [5.41, 5.74) is 5.87. The Morgan fingerprint density at radius 2 is 2.14 bits per heavy atom. The predicted molar refractivity (Wildman–Crippen MR) is 83.7 cm³/mol. The Bertz CT molecular complexity index is 601. The summed E-state index contributed by atoms with van der Waals surface area (Å²) >= 11 is 1.44. The van der Waals surface area contributed by atoms with Crippen LogP contribution in [0.5, 0.6) is 5.75 Å². The molecule has 0 aliphatic heterocycles. The van der Waals surface area contributed by atoms with Crippen LogP contribution in [0.25, 0.3) is 0 Å². The SMILES string of the molecule is NCCc1nc(C(=O)NCCCOc2ccc(F)cc2)cs1. The molecular weight excluding hydrogens is 305 g/mol. The van der Waals surface area contributed by atoms with Crippen molar-refractivity contribution in [3.63, 3.8) is 0 Å². The molecule has 0 unspecified atom stereocenters. The van der Waals surface area contributed by atoms with Gasteiger partial charge in [-0.3, -0.25) is 4.79 Å². The largest absolute Gasteiger partial charge is 0.494 e. The van der Waals surface area contributed by atoms with Gasteiger partial charge in [-0.05, 0) is 37.2 Å². The number of rotatable bonds is 8. The maximum Gasteiger partial charge on any atom is 0.270 e. The van der Waals surface area contributed by atoms with E-state index in [1.807, 2.05) is 0 Å². The number of hydrogen-bond donors (Lipinski definition) is 2. The van der Waals surface area contributed by atoms with Gasteiger partial charge in [0.05, 0.1) is 11.6 Å². The van der Waals surface area contributed by atoms with Crippen molar-refractivity contribution in [3.8, 4) is 5.75 Å². The fraction of sp³-hybridized carbons (Fsp3) is 0.333. The molecule has 0 atom stereocenters. The first-order chi connectivity index (χ1) is 10.7. The summed E-state index contributed by atoms with van der Waals surface area (Å²) in [7, 11) is 0. The zero-order valence-electron chi connectivity index (χ0n) is 12.0. The average Bonchev–Trinajstić information content (AvgIpc) is 2.98. The monoisotopic (exact) mass is 323 g/mol. The Balaban J connectivity index is 1.65. The van der Waals surface area contributed by atoms with E-state index < -0.39 is 0 Å². The molecule has 1 aromatic heterocycles. The highest BCUT2D eigenvalue weighted by atomic mass is 32.1. The number of aromatic nitrogens is 1. The van der Waals surface area contributed by atoms with E-state index in [9.17, 15) is 9.18 Å². The summed E-state index contributed by atoms with van der Waals surface area (Å²) in [6, 6.07) is 5.83. The van der Waals surface area contributed by atoms with E-state index in [2.05, 4.69) is 10.3 Å². The highest BCUT2D eigenvalue weighted by Gasteiger charge is 2.09. The quantitative estimate of drug-likeness (QED) is 0.728. The van der Waals surface area contributed by atoms with Crippen LogP contribution in [0.3, 0.4) is 0 Å². The Morgan fingerprint density at radius 1 is 1.36 bits per heavy atom. The minimum atomic E-state index is -0.295. The van der Waals surface area contributed by atoms with Crippen LogP contribution in [0, 0.1) is 5.82 Å². The fourth-order valence-electron chi connectivity index (χ4n) is 1.74. The number of benzene rings is 1. The van der Waals surface area contributed by atoms with Gasteiger partial charge in [0.1, 0.15) is 17.3 Å². The molecule has 22 heavy (non-hydrogen) atoms. The number of nitrogens with zero attached hydrogens (tertiary/aromatic N) is 1. The van der Waals surface area contributed by atoms with E-state index in [-0.39, 0.29) is 11.7 Å². The van der Waals surface area contributed by atoms with Crippen LogP contribution >= 0.6 is 11.3 Å². The molecule has 118 valence electrons. The lowest BCUT2D eigenvalue weighted by molar-refractivity contribution is 0.0947. The second-order valence-electron chi connectivity index (χ2n) is 4.58. The lowest BCUT2D eigenvalue weighted by Gasteiger charge is -2.06. The van der Waals surface area contributed by atoms with Crippen molar-refractivity contribution >= 4 is 17.2 Å². The van der Waals surface area contributed by atoms with Gasteiger partial charge in [-0.1, -0.05) is 0 Å². The Hall–Kier alpha value is -1.99. The first-order valence-corrected chi connectivity index (χ1v) is 7.88. The first-order valence-electron chi connectivity index (χ1n) is 7.00. The van der Waals surface area contributed by atoms with Gasteiger partial charge in [0.2, 0.25) is 0 Å². The third kappa shape index (κ3) is 5.09. The molecule has 0 aliphatic carbocycles. The number of ether oxygens (including phenoxy) is 1. The van der Waals surface area contributed by atoms with Crippen LogP contribution in [0.1, 0.15) is 21.9 Å². The molecule has 0 saturated heterocycles. The smallest absolute Gasteiger partial charge is 0.270 e. The number of nitrogens with two attached hydrogens (primary N) is 1. The maximum absolute atomic E-state index is 12.7. The van der Waals surface area contributed by atoms with E-state index in [0.29, 0.717) is 44.0 Å². The molecule has 5 nitrogen and oxygen atoms in total. The number of nitrogens with one attached hydrogen (secondary N) is 1. The maximum atomic E-state index is 12.7. The Kier molecular flexibility index (Phi) is 6.29. The standard InChI is InChI=1S/C15H18FN3O2S/c16-11-2-4-12(5-3-11)21-9-1-8-18-15(20)13-10-22-14(19-13)6-7-17/h2-5,10H,1,6-9,17H2,(H,18,20). The molecule has 1 aromatic carbocycles. The van der Waals surface area contributed by atoms with Crippen molar-refractivity contribution in [2.24, 2.45) is 5.73 Å². The van der Waals surface area contributed by atoms with Gasteiger partial charge in [-0.15, -0.1) is 11.3 Å². The van der Waals surface area contributed by atoms with Crippen molar-refractivity contribution in [2.45, 2.75) is 12.8 Å². The van der Waals surface area contributed by atoms with Crippen LogP contribution in [0.4, 0.5) is 4.39 Å². The van der Waals surface area contributed by atoms with Crippen molar-refractivity contribution in [1.29, 1.82) is 0 Å². The molecule has 0 saturated carbocycles. The van der Waals surface area contributed by atoms with Gasteiger partial charge in [-0.25, -0.2) is 9.37 Å². The molecular formula is C15H18FN3O2S. The van der Waals surface area contributed by atoms with E-state index in [0.717, 1.165) is 5.01 Å². The average molecular weight is 323 g/mol. The highest BCUT2D eigenvalue weighted by Crippen LogP contribution is 2.11.